The van der Waals surface area contributed by atoms with Crippen LogP contribution in [0.2, 0.25) is 0 Å². The Labute approximate surface area is 200 Å². The van der Waals surface area contributed by atoms with Crippen molar-refractivity contribution in [3.8, 4) is 0 Å². The molecule has 196 valence electrons. The van der Waals surface area contributed by atoms with Crippen LogP contribution in [-0.2, 0) is 24.0 Å². The Balaban J connectivity index is 5.38. The van der Waals surface area contributed by atoms with Crippen molar-refractivity contribution < 1.29 is 29.1 Å². The van der Waals surface area contributed by atoms with Crippen LogP contribution in [0.15, 0.2) is 0 Å². The zero-order valence-electron chi connectivity index (χ0n) is 20.0. The smallest absolute Gasteiger partial charge is 0.326 e. The molecular weight excluding hydrogens is 446 g/mol. The first-order valence-corrected chi connectivity index (χ1v) is 11.5. The van der Waals surface area contributed by atoms with Gasteiger partial charge in [-0.3, -0.25) is 19.2 Å². The summed E-state index contributed by atoms with van der Waals surface area (Å²) in [5.41, 5.74) is 21.9. The molecule has 34 heavy (non-hydrogen) atoms. The lowest BCUT2D eigenvalue weighted by Crippen LogP contribution is -2.58. The fourth-order valence-electron chi connectivity index (χ4n) is 3.13. The summed E-state index contributed by atoms with van der Waals surface area (Å²) in [6, 6.07) is -4.43. The minimum atomic E-state index is -1.54. The Morgan fingerprint density at radius 3 is 1.76 bits per heavy atom. The van der Waals surface area contributed by atoms with E-state index in [1.807, 2.05) is 0 Å². The molecule has 0 fully saturated rings. The Hall–Kier alpha value is -2.77. The third kappa shape index (κ3) is 12.5. The fourth-order valence-corrected chi connectivity index (χ4v) is 3.13. The molecule has 13 heteroatoms. The summed E-state index contributed by atoms with van der Waals surface area (Å²) in [6.07, 6.45) is 2.44. The van der Waals surface area contributed by atoms with Gasteiger partial charge in [0, 0.05) is 0 Å². The van der Waals surface area contributed by atoms with Crippen molar-refractivity contribution in [3.63, 3.8) is 0 Å². The van der Waals surface area contributed by atoms with Crippen molar-refractivity contribution >= 4 is 29.6 Å². The van der Waals surface area contributed by atoms with E-state index in [4.69, 9.17) is 22.9 Å². The number of nitrogens with two attached hydrogens (primary N) is 4. The van der Waals surface area contributed by atoms with Gasteiger partial charge in [-0.05, 0) is 51.1 Å². The molecule has 0 aromatic heterocycles. The lowest BCUT2D eigenvalue weighted by atomic mass is 10.0. The maximum absolute atomic E-state index is 13.0. The van der Waals surface area contributed by atoms with E-state index in [9.17, 15) is 29.1 Å². The first-order chi connectivity index (χ1) is 15.9. The van der Waals surface area contributed by atoms with Crippen molar-refractivity contribution in [2.45, 2.75) is 83.0 Å². The molecule has 0 heterocycles. The van der Waals surface area contributed by atoms with Gasteiger partial charge in [-0.25, -0.2) is 4.79 Å². The second-order valence-corrected chi connectivity index (χ2v) is 8.54. The summed E-state index contributed by atoms with van der Waals surface area (Å²) < 4.78 is 0. The van der Waals surface area contributed by atoms with Gasteiger partial charge in [0.2, 0.25) is 23.6 Å². The summed E-state index contributed by atoms with van der Waals surface area (Å²) in [7, 11) is 0. The van der Waals surface area contributed by atoms with Gasteiger partial charge < -0.3 is 44.0 Å². The lowest BCUT2D eigenvalue weighted by molar-refractivity contribution is -0.143. The number of nitrogens with one attached hydrogen (secondary N) is 3. The molecule has 0 aromatic carbocycles. The molecule has 0 aliphatic carbocycles. The molecule has 0 spiro atoms. The minimum Gasteiger partial charge on any atom is -0.480 e. The zero-order valence-corrected chi connectivity index (χ0v) is 20.0. The predicted octanol–water partition coefficient (Wildman–Crippen LogP) is -2.36. The Morgan fingerprint density at radius 1 is 0.765 bits per heavy atom. The van der Waals surface area contributed by atoms with Gasteiger partial charge in [0.1, 0.15) is 18.1 Å². The van der Waals surface area contributed by atoms with Crippen molar-refractivity contribution in [1.82, 2.24) is 16.0 Å². The number of unbranched alkanes of at least 4 members (excludes halogenated alkanes) is 2. The molecule has 13 nitrogen and oxygen atoms in total. The highest BCUT2D eigenvalue weighted by Gasteiger charge is 2.31. The molecular formula is C21H41N7O6. The Kier molecular flexibility index (Phi) is 15.4. The average molecular weight is 488 g/mol. The highest BCUT2D eigenvalue weighted by Crippen LogP contribution is 2.08. The van der Waals surface area contributed by atoms with Crippen LogP contribution in [0.25, 0.3) is 0 Å². The fraction of sp³-hybridized carbons (Fsp3) is 0.762. The monoisotopic (exact) mass is 487 g/mol. The molecule has 0 aliphatic heterocycles. The van der Waals surface area contributed by atoms with Crippen LogP contribution >= 0.6 is 0 Å². The molecule has 0 aromatic rings. The molecule has 0 radical (unpaired) electrons. The van der Waals surface area contributed by atoms with Crippen LogP contribution in [0.1, 0.15) is 58.8 Å². The number of rotatable bonds is 18. The van der Waals surface area contributed by atoms with Crippen LogP contribution < -0.4 is 38.9 Å². The number of hydrogen-bond donors (Lipinski definition) is 8. The number of hydrogen-bond acceptors (Lipinski definition) is 8. The molecule has 0 rings (SSSR count). The second-order valence-electron chi connectivity index (χ2n) is 8.54. The van der Waals surface area contributed by atoms with Crippen molar-refractivity contribution in [2.24, 2.45) is 28.9 Å². The number of carboxylic acid groups (broad SMARTS) is 1. The van der Waals surface area contributed by atoms with E-state index in [2.05, 4.69) is 16.0 Å². The van der Waals surface area contributed by atoms with E-state index in [1.165, 1.54) is 0 Å². The molecule has 12 N–H and O–H groups in total. The number of carboxylic acids is 1. The highest BCUT2D eigenvalue weighted by atomic mass is 16.4. The summed E-state index contributed by atoms with van der Waals surface area (Å²) in [6.45, 7) is 4.30. The first kappa shape index (κ1) is 31.2. The maximum atomic E-state index is 13.0. The van der Waals surface area contributed by atoms with Gasteiger partial charge in [-0.15, -0.1) is 0 Å². The average Bonchev–Trinajstić information content (AvgIpc) is 2.75. The van der Waals surface area contributed by atoms with E-state index < -0.39 is 60.2 Å². The maximum Gasteiger partial charge on any atom is 0.326 e. The summed E-state index contributed by atoms with van der Waals surface area (Å²) in [5.74, 6) is -4.56. The molecule has 4 atom stereocenters. The lowest BCUT2D eigenvalue weighted by Gasteiger charge is -2.27. The van der Waals surface area contributed by atoms with Crippen LogP contribution in [0.3, 0.4) is 0 Å². The summed E-state index contributed by atoms with van der Waals surface area (Å²) in [4.78, 5) is 60.7. The van der Waals surface area contributed by atoms with Gasteiger partial charge in [0.25, 0.3) is 0 Å². The van der Waals surface area contributed by atoms with Gasteiger partial charge >= 0.3 is 5.97 Å². The van der Waals surface area contributed by atoms with Crippen molar-refractivity contribution in [2.75, 3.05) is 13.1 Å². The number of amides is 4. The standard InChI is InChI=1S/C21H41N7O6/c1-12(2)17(28-18(30)13(24)7-3-5-9-22)20(32)26-14(8-4-6-10-23)19(31)27-15(21(33)34)11-16(25)29/h12-15,17H,3-11,22-24H2,1-2H3,(H2,25,29)(H,26,32)(H,27,31)(H,28,30)(H,33,34). The van der Waals surface area contributed by atoms with Crippen LogP contribution in [0, 0.1) is 5.92 Å². The summed E-state index contributed by atoms with van der Waals surface area (Å²) >= 11 is 0. The molecule has 0 aliphatic rings. The summed E-state index contributed by atoms with van der Waals surface area (Å²) in [5, 5.41) is 16.7. The van der Waals surface area contributed by atoms with Crippen LogP contribution in [0.5, 0.6) is 0 Å². The predicted molar refractivity (Wildman–Crippen MR) is 126 cm³/mol. The largest absolute Gasteiger partial charge is 0.480 e. The van der Waals surface area contributed by atoms with Crippen molar-refractivity contribution in [3.05, 3.63) is 0 Å². The SMILES string of the molecule is CC(C)C(NC(=O)C(N)CCCCN)C(=O)NC(CCCCN)C(=O)NC(CC(N)=O)C(=O)O. The highest BCUT2D eigenvalue weighted by molar-refractivity contribution is 5.94. The van der Waals surface area contributed by atoms with Crippen LogP contribution in [-0.4, -0.2) is 72.0 Å². The molecule has 0 saturated heterocycles. The topological polar surface area (TPSA) is 246 Å². The van der Waals surface area contributed by atoms with E-state index in [0.29, 0.717) is 38.8 Å². The number of aliphatic carboxylic acids is 1. The first-order valence-electron chi connectivity index (χ1n) is 11.5. The van der Waals surface area contributed by atoms with Crippen LogP contribution in [0.4, 0.5) is 0 Å². The number of carbonyl (C=O) groups is 5. The van der Waals surface area contributed by atoms with Crippen molar-refractivity contribution in [1.29, 1.82) is 0 Å². The second kappa shape index (κ2) is 16.8. The van der Waals surface area contributed by atoms with E-state index in [-0.39, 0.29) is 12.3 Å². The van der Waals surface area contributed by atoms with Gasteiger partial charge in [-0.1, -0.05) is 20.3 Å². The normalized spacial score (nSPS) is 14.5. The molecule has 4 amide bonds. The molecule has 0 saturated carbocycles. The number of carbonyl (C=O) groups excluding carboxylic acids is 4. The van der Waals surface area contributed by atoms with E-state index in [0.717, 1.165) is 6.42 Å². The van der Waals surface area contributed by atoms with E-state index in [1.54, 1.807) is 13.8 Å². The quantitative estimate of drug-likeness (QED) is 0.0962. The van der Waals surface area contributed by atoms with Gasteiger partial charge in [0.05, 0.1) is 12.5 Å². The third-order valence-electron chi connectivity index (χ3n) is 5.15. The molecule has 4 unspecified atom stereocenters. The minimum absolute atomic E-state index is 0.176. The Bertz CT molecular complexity index is 689. The third-order valence-corrected chi connectivity index (χ3v) is 5.15. The zero-order chi connectivity index (χ0) is 26.3. The Morgan fingerprint density at radius 2 is 1.29 bits per heavy atom. The van der Waals surface area contributed by atoms with Gasteiger partial charge in [-0.2, -0.15) is 0 Å². The molecule has 0 bridgehead atoms. The van der Waals surface area contributed by atoms with E-state index >= 15 is 0 Å². The van der Waals surface area contributed by atoms with Gasteiger partial charge in [0.15, 0.2) is 0 Å². The number of primary amides is 1.